The summed E-state index contributed by atoms with van der Waals surface area (Å²) in [7, 11) is 0. The molecule has 0 saturated carbocycles. The summed E-state index contributed by atoms with van der Waals surface area (Å²) in [4.78, 5) is 24.7. The molecule has 0 bridgehead atoms. The molecule has 2 amide bonds. The molecule has 7 nitrogen and oxygen atoms in total. The van der Waals surface area contributed by atoms with E-state index in [0.29, 0.717) is 5.69 Å². The van der Waals surface area contributed by atoms with Crippen LogP contribution >= 0.6 is 0 Å². The lowest BCUT2D eigenvalue weighted by molar-refractivity contribution is -0.117. The Morgan fingerprint density at radius 1 is 1.15 bits per heavy atom. The van der Waals surface area contributed by atoms with Crippen molar-refractivity contribution in [1.82, 2.24) is 4.90 Å². The molecule has 1 rings (SSSR count). The number of rotatable bonds is 8. The van der Waals surface area contributed by atoms with Gasteiger partial charge in [0.15, 0.2) is 0 Å². The number of hydrogen-bond acceptors (Lipinski definition) is 5. The number of anilines is 1. The Balaban J connectivity index is 2.68. The van der Waals surface area contributed by atoms with Crippen molar-refractivity contribution in [3.63, 3.8) is 0 Å². The van der Waals surface area contributed by atoms with E-state index in [0.717, 1.165) is 0 Å². The van der Waals surface area contributed by atoms with Gasteiger partial charge in [-0.05, 0) is 12.1 Å². The maximum atomic E-state index is 11.9. The third kappa shape index (κ3) is 4.96. The monoisotopic (exact) mass is 281 g/mol. The zero-order chi connectivity index (χ0) is 15.0. The first-order chi connectivity index (χ1) is 9.58. The van der Waals surface area contributed by atoms with E-state index in [9.17, 15) is 9.59 Å². The number of aliphatic hydroxyl groups is 2. The Morgan fingerprint density at radius 3 is 2.30 bits per heavy atom. The molecule has 0 saturated heterocycles. The van der Waals surface area contributed by atoms with E-state index in [1.165, 1.54) is 6.07 Å². The molecule has 0 fully saturated rings. The highest BCUT2D eigenvalue weighted by atomic mass is 16.3. The average Bonchev–Trinajstić information content (AvgIpc) is 2.39. The Morgan fingerprint density at radius 2 is 1.75 bits per heavy atom. The van der Waals surface area contributed by atoms with Gasteiger partial charge in [-0.15, -0.1) is 0 Å². The molecule has 0 spiro atoms. The van der Waals surface area contributed by atoms with Crippen molar-refractivity contribution >= 4 is 17.5 Å². The fourth-order valence-corrected chi connectivity index (χ4v) is 1.75. The SMILES string of the molecule is NC(=O)c1ccccc1NC(=O)CN(CCO)CCO. The van der Waals surface area contributed by atoms with E-state index < -0.39 is 5.91 Å². The topological polar surface area (TPSA) is 116 Å². The summed E-state index contributed by atoms with van der Waals surface area (Å²) in [5.41, 5.74) is 5.80. The summed E-state index contributed by atoms with van der Waals surface area (Å²) in [5, 5.41) is 20.3. The van der Waals surface area contributed by atoms with Gasteiger partial charge in [0.05, 0.1) is 31.0 Å². The minimum absolute atomic E-state index is 0.00815. The minimum Gasteiger partial charge on any atom is -0.395 e. The summed E-state index contributed by atoms with van der Waals surface area (Å²) in [5.74, 6) is -0.968. The molecule has 0 aromatic heterocycles. The van der Waals surface area contributed by atoms with Crippen molar-refractivity contribution in [3.05, 3.63) is 29.8 Å². The first kappa shape index (κ1) is 16.1. The zero-order valence-corrected chi connectivity index (χ0v) is 11.1. The van der Waals surface area contributed by atoms with E-state index in [4.69, 9.17) is 15.9 Å². The van der Waals surface area contributed by atoms with Crippen molar-refractivity contribution in [2.45, 2.75) is 0 Å². The molecular weight excluding hydrogens is 262 g/mol. The van der Waals surface area contributed by atoms with Crippen LogP contribution in [0.2, 0.25) is 0 Å². The molecule has 20 heavy (non-hydrogen) atoms. The van der Waals surface area contributed by atoms with Gasteiger partial charge in [0.2, 0.25) is 5.91 Å². The second kappa shape index (κ2) is 8.26. The van der Waals surface area contributed by atoms with E-state index in [1.54, 1.807) is 23.1 Å². The number of primary amides is 1. The number of aliphatic hydroxyl groups excluding tert-OH is 2. The average molecular weight is 281 g/mol. The highest BCUT2D eigenvalue weighted by molar-refractivity contribution is 6.03. The Kier molecular flexibility index (Phi) is 6.65. The lowest BCUT2D eigenvalue weighted by Crippen LogP contribution is -2.37. The summed E-state index contributed by atoms with van der Waals surface area (Å²) >= 11 is 0. The number of hydrogen-bond donors (Lipinski definition) is 4. The Hall–Kier alpha value is -1.96. The standard InChI is InChI=1S/C13H19N3O4/c14-13(20)10-3-1-2-4-11(10)15-12(19)9-16(5-7-17)6-8-18/h1-4,17-18H,5-9H2,(H2,14,20)(H,15,19). The fourth-order valence-electron chi connectivity index (χ4n) is 1.75. The van der Waals surface area contributed by atoms with Crippen LogP contribution in [-0.4, -0.2) is 59.8 Å². The Labute approximate surface area is 117 Å². The molecule has 0 aliphatic carbocycles. The highest BCUT2D eigenvalue weighted by Gasteiger charge is 2.13. The van der Waals surface area contributed by atoms with Gasteiger partial charge < -0.3 is 21.3 Å². The van der Waals surface area contributed by atoms with Gasteiger partial charge in [-0.2, -0.15) is 0 Å². The van der Waals surface area contributed by atoms with Gasteiger partial charge in [0.1, 0.15) is 0 Å². The summed E-state index contributed by atoms with van der Waals surface area (Å²) in [6.45, 7) is 0.363. The van der Waals surface area contributed by atoms with Crippen LogP contribution in [0.15, 0.2) is 24.3 Å². The first-order valence-electron chi connectivity index (χ1n) is 6.21. The Bertz CT molecular complexity index is 459. The molecule has 0 atom stereocenters. The molecule has 0 radical (unpaired) electrons. The number of carbonyl (C=O) groups excluding carboxylic acids is 2. The molecule has 0 aliphatic rings. The van der Waals surface area contributed by atoms with Crippen LogP contribution in [-0.2, 0) is 4.79 Å². The van der Waals surface area contributed by atoms with Crippen LogP contribution < -0.4 is 11.1 Å². The number of para-hydroxylation sites is 1. The van der Waals surface area contributed by atoms with Crippen LogP contribution in [0.5, 0.6) is 0 Å². The van der Waals surface area contributed by atoms with Crippen molar-refractivity contribution < 1.29 is 19.8 Å². The van der Waals surface area contributed by atoms with Gasteiger partial charge in [0, 0.05) is 13.1 Å². The van der Waals surface area contributed by atoms with Gasteiger partial charge in [-0.3, -0.25) is 14.5 Å². The molecule has 7 heteroatoms. The largest absolute Gasteiger partial charge is 0.395 e. The van der Waals surface area contributed by atoms with Gasteiger partial charge in [-0.25, -0.2) is 0 Å². The summed E-state index contributed by atoms with van der Waals surface area (Å²) in [6, 6.07) is 6.44. The second-order valence-electron chi connectivity index (χ2n) is 4.18. The second-order valence-corrected chi connectivity index (χ2v) is 4.18. The number of nitrogens with zero attached hydrogens (tertiary/aromatic N) is 1. The zero-order valence-electron chi connectivity index (χ0n) is 11.1. The van der Waals surface area contributed by atoms with Gasteiger partial charge in [0.25, 0.3) is 5.91 Å². The van der Waals surface area contributed by atoms with Crippen LogP contribution in [0, 0.1) is 0 Å². The minimum atomic E-state index is -0.622. The van der Waals surface area contributed by atoms with E-state index in [2.05, 4.69) is 5.32 Å². The molecule has 1 aromatic rings. The van der Waals surface area contributed by atoms with Crippen molar-refractivity contribution in [3.8, 4) is 0 Å². The number of benzene rings is 1. The van der Waals surface area contributed by atoms with Gasteiger partial charge in [-0.1, -0.05) is 12.1 Å². The molecule has 0 aliphatic heterocycles. The number of nitrogens with two attached hydrogens (primary N) is 1. The van der Waals surface area contributed by atoms with Crippen LogP contribution in [0.4, 0.5) is 5.69 Å². The fraction of sp³-hybridized carbons (Fsp3) is 0.385. The molecule has 5 N–H and O–H groups in total. The van der Waals surface area contributed by atoms with Gasteiger partial charge >= 0.3 is 0 Å². The number of nitrogens with one attached hydrogen (secondary N) is 1. The molecule has 1 aromatic carbocycles. The van der Waals surface area contributed by atoms with Crippen LogP contribution in [0.1, 0.15) is 10.4 Å². The normalized spacial score (nSPS) is 10.6. The predicted molar refractivity (Wildman–Crippen MR) is 74.2 cm³/mol. The first-order valence-corrected chi connectivity index (χ1v) is 6.21. The molecule has 110 valence electrons. The van der Waals surface area contributed by atoms with E-state index in [-0.39, 0.29) is 44.3 Å². The summed E-state index contributed by atoms with van der Waals surface area (Å²) < 4.78 is 0. The smallest absolute Gasteiger partial charge is 0.250 e. The van der Waals surface area contributed by atoms with Crippen molar-refractivity contribution in [2.24, 2.45) is 5.73 Å². The maximum absolute atomic E-state index is 11.9. The molecular formula is C13H19N3O4. The number of amides is 2. The van der Waals surface area contributed by atoms with Crippen LogP contribution in [0.3, 0.4) is 0 Å². The number of carbonyl (C=O) groups is 2. The summed E-state index contributed by atoms with van der Waals surface area (Å²) in [6.07, 6.45) is 0. The van der Waals surface area contributed by atoms with Crippen molar-refractivity contribution in [1.29, 1.82) is 0 Å². The van der Waals surface area contributed by atoms with E-state index >= 15 is 0 Å². The quantitative estimate of drug-likeness (QED) is 0.488. The molecule has 0 heterocycles. The van der Waals surface area contributed by atoms with Crippen molar-refractivity contribution in [2.75, 3.05) is 38.2 Å². The lowest BCUT2D eigenvalue weighted by Gasteiger charge is -2.19. The van der Waals surface area contributed by atoms with E-state index in [1.807, 2.05) is 0 Å². The lowest BCUT2D eigenvalue weighted by atomic mass is 10.1. The third-order valence-electron chi connectivity index (χ3n) is 2.67. The predicted octanol–water partition coefficient (Wildman–Crippen LogP) is -0.989. The third-order valence-corrected chi connectivity index (χ3v) is 2.67. The van der Waals surface area contributed by atoms with Crippen LogP contribution in [0.25, 0.3) is 0 Å². The maximum Gasteiger partial charge on any atom is 0.250 e. The highest BCUT2D eigenvalue weighted by Crippen LogP contribution is 2.14. The molecule has 0 unspecified atom stereocenters.